The van der Waals surface area contributed by atoms with E-state index in [0.29, 0.717) is 59.1 Å². The summed E-state index contributed by atoms with van der Waals surface area (Å²) in [5.41, 5.74) is 3.31. The van der Waals surface area contributed by atoms with Crippen molar-refractivity contribution in [1.29, 1.82) is 0 Å². The highest BCUT2D eigenvalue weighted by molar-refractivity contribution is 6.33. The van der Waals surface area contributed by atoms with Gasteiger partial charge in [-0.15, -0.1) is 0 Å². The van der Waals surface area contributed by atoms with Gasteiger partial charge < -0.3 is 25.0 Å². The number of anilines is 1. The second-order valence-electron chi connectivity index (χ2n) is 9.35. The van der Waals surface area contributed by atoms with Crippen molar-refractivity contribution in [1.82, 2.24) is 25.2 Å². The van der Waals surface area contributed by atoms with Crippen LogP contribution in [0.1, 0.15) is 47.4 Å². The van der Waals surface area contributed by atoms with Crippen molar-refractivity contribution >= 4 is 29.4 Å². The number of fused-ring (bicyclic) bond motifs is 1. The molecule has 198 valence electrons. The van der Waals surface area contributed by atoms with E-state index in [4.69, 9.17) is 21.1 Å². The van der Waals surface area contributed by atoms with Gasteiger partial charge in [-0.2, -0.15) is 0 Å². The smallest absolute Gasteiger partial charge is 0.254 e. The van der Waals surface area contributed by atoms with E-state index in [1.165, 1.54) is 4.90 Å². The van der Waals surface area contributed by atoms with Gasteiger partial charge in [-0.25, -0.2) is 15.0 Å². The number of nitrogens with one attached hydrogen (secondary N) is 2. The number of benzene rings is 1. The van der Waals surface area contributed by atoms with Gasteiger partial charge in [0.25, 0.3) is 5.91 Å². The van der Waals surface area contributed by atoms with Gasteiger partial charge in [-0.3, -0.25) is 9.59 Å². The van der Waals surface area contributed by atoms with E-state index in [0.717, 1.165) is 18.4 Å². The van der Waals surface area contributed by atoms with Gasteiger partial charge in [-0.05, 0) is 37.5 Å². The lowest BCUT2D eigenvalue weighted by Gasteiger charge is -2.23. The number of ether oxygens (including phenoxy) is 2. The molecule has 10 nitrogen and oxygen atoms in total. The summed E-state index contributed by atoms with van der Waals surface area (Å²) < 4.78 is 10.6. The summed E-state index contributed by atoms with van der Waals surface area (Å²) in [7, 11) is 1.54. The first kappa shape index (κ1) is 25.9. The van der Waals surface area contributed by atoms with E-state index >= 15 is 0 Å². The highest BCUT2D eigenvalue weighted by Gasteiger charge is 2.30. The van der Waals surface area contributed by atoms with Crippen LogP contribution in [0.5, 0.6) is 5.88 Å². The molecule has 0 bridgehead atoms. The number of hydrogen-bond donors (Lipinski definition) is 2. The summed E-state index contributed by atoms with van der Waals surface area (Å²) in [5.74, 6) is 0.474. The van der Waals surface area contributed by atoms with Crippen molar-refractivity contribution in [3.63, 3.8) is 0 Å². The first-order valence-corrected chi connectivity index (χ1v) is 12.9. The van der Waals surface area contributed by atoms with Crippen LogP contribution >= 0.6 is 11.6 Å². The Balaban J connectivity index is 1.26. The lowest BCUT2D eigenvalue weighted by Crippen LogP contribution is -2.38. The zero-order chi connectivity index (χ0) is 26.6. The number of carbonyl (C=O) groups is 2. The van der Waals surface area contributed by atoms with E-state index in [-0.39, 0.29) is 30.4 Å². The molecule has 38 heavy (non-hydrogen) atoms. The van der Waals surface area contributed by atoms with Crippen LogP contribution in [0.15, 0.2) is 42.6 Å². The van der Waals surface area contributed by atoms with Crippen molar-refractivity contribution in [2.75, 3.05) is 32.2 Å². The zero-order valence-corrected chi connectivity index (χ0v) is 22.0. The largest absolute Gasteiger partial charge is 0.481 e. The summed E-state index contributed by atoms with van der Waals surface area (Å²) in [5, 5.41) is 6.65. The van der Waals surface area contributed by atoms with E-state index < -0.39 is 0 Å². The molecule has 1 fully saturated rings. The second kappa shape index (κ2) is 11.3. The normalized spacial score (nSPS) is 16.2. The van der Waals surface area contributed by atoms with Crippen LogP contribution in [0, 0.1) is 0 Å². The van der Waals surface area contributed by atoms with Crippen LogP contribution in [-0.4, -0.2) is 64.6 Å². The highest BCUT2D eigenvalue weighted by atomic mass is 35.5. The maximum Gasteiger partial charge on any atom is 0.254 e. The number of hydrogen-bond acceptors (Lipinski definition) is 8. The van der Waals surface area contributed by atoms with Crippen LogP contribution in [0.4, 0.5) is 5.95 Å². The molecule has 1 saturated heterocycles. The molecule has 2 aromatic heterocycles. The minimum Gasteiger partial charge on any atom is -0.481 e. The zero-order valence-electron chi connectivity index (χ0n) is 21.2. The summed E-state index contributed by atoms with van der Waals surface area (Å²) in [4.78, 5) is 40.8. The maximum absolute atomic E-state index is 13.2. The van der Waals surface area contributed by atoms with Crippen LogP contribution in [0.2, 0.25) is 5.02 Å². The number of halogens is 1. The third-order valence-electron chi connectivity index (χ3n) is 6.67. The molecule has 3 aromatic rings. The molecule has 2 N–H and O–H groups in total. The number of nitrogens with zero attached hydrogens (tertiary/aromatic N) is 4. The molecule has 1 aromatic carbocycles. The Morgan fingerprint density at radius 2 is 2.05 bits per heavy atom. The fourth-order valence-electron chi connectivity index (χ4n) is 4.62. The van der Waals surface area contributed by atoms with E-state index in [9.17, 15) is 9.59 Å². The monoisotopic (exact) mass is 536 g/mol. The molecular formula is C27H29ClN6O4. The van der Waals surface area contributed by atoms with Gasteiger partial charge in [0.05, 0.1) is 35.8 Å². The SMILES string of the molecule is COc1cccc(C(C)NC(=O)CN2Cc3ccc(-c4nc(NC5CCOCC5)ncc4Cl)cc3C2=O)n1. The Hall–Kier alpha value is -3.76. The van der Waals surface area contributed by atoms with Gasteiger partial charge in [-0.1, -0.05) is 29.8 Å². The lowest BCUT2D eigenvalue weighted by molar-refractivity contribution is -0.122. The minimum atomic E-state index is -0.340. The number of aromatic nitrogens is 3. The summed E-state index contributed by atoms with van der Waals surface area (Å²) in [6.07, 6.45) is 3.33. The molecule has 0 radical (unpaired) electrons. The average Bonchev–Trinajstić information content (AvgIpc) is 3.24. The predicted molar refractivity (Wildman–Crippen MR) is 142 cm³/mol. The number of methoxy groups -OCH3 is 1. The Bertz CT molecular complexity index is 1350. The maximum atomic E-state index is 13.2. The number of rotatable bonds is 8. The molecule has 5 rings (SSSR count). The second-order valence-corrected chi connectivity index (χ2v) is 9.76. The number of carbonyl (C=O) groups excluding carboxylic acids is 2. The first-order valence-electron chi connectivity index (χ1n) is 12.5. The fourth-order valence-corrected chi connectivity index (χ4v) is 4.82. The standard InChI is InChI=1S/C27H29ClN6O4/c1-16(22-4-3-5-24(32-22)37-2)30-23(35)15-34-14-18-7-6-17(12-20(18)26(34)36)25-21(28)13-29-27(33-25)31-19-8-10-38-11-9-19/h3-7,12-13,16,19H,8-11,14-15H2,1-2H3,(H,30,35)(H,29,31,33). The fraction of sp³-hybridized carbons (Fsp3) is 0.370. The van der Waals surface area contributed by atoms with E-state index in [1.54, 1.807) is 25.4 Å². The molecule has 1 atom stereocenters. The Morgan fingerprint density at radius 1 is 1.24 bits per heavy atom. The van der Waals surface area contributed by atoms with Gasteiger partial charge in [0.1, 0.15) is 6.54 Å². The molecule has 2 aliphatic heterocycles. The number of amides is 2. The third-order valence-corrected chi connectivity index (χ3v) is 6.95. The third kappa shape index (κ3) is 5.71. The molecule has 2 aliphatic rings. The van der Waals surface area contributed by atoms with Crippen LogP contribution in [0.3, 0.4) is 0 Å². The lowest BCUT2D eigenvalue weighted by atomic mass is 10.0. The molecule has 0 aliphatic carbocycles. The molecular weight excluding hydrogens is 508 g/mol. The van der Waals surface area contributed by atoms with Crippen LogP contribution < -0.4 is 15.4 Å². The molecule has 2 amide bonds. The molecule has 0 saturated carbocycles. The van der Waals surface area contributed by atoms with Crippen molar-refractivity contribution < 1.29 is 19.1 Å². The molecule has 4 heterocycles. The molecule has 1 unspecified atom stereocenters. The summed E-state index contributed by atoms with van der Waals surface area (Å²) in [6.45, 7) is 3.53. The van der Waals surface area contributed by atoms with Crippen molar-refractivity contribution in [3.05, 3.63) is 64.4 Å². The van der Waals surface area contributed by atoms with Crippen molar-refractivity contribution in [3.8, 4) is 17.1 Å². The van der Waals surface area contributed by atoms with E-state index in [2.05, 4.69) is 25.6 Å². The molecule has 11 heteroatoms. The quantitative estimate of drug-likeness (QED) is 0.448. The Kier molecular flexibility index (Phi) is 7.71. The van der Waals surface area contributed by atoms with Crippen LogP contribution in [-0.2, 0) is 16.1 Å². The average molecular weight is 537 g/mol. The first-order chi connectivity index (χ1) is 18.4. The van der Waals surface area contributed by atoms with Gasteiger partial charge in [0.15, 0.2) is 0 Å². The summed E-state index contributed by atoms with van der Waals surface area (Å²) >= 11 is 6.44. The van der Waals surface area contributed by atoms with Gasteiger partial charge in [0.2, 0.25) is 17.7 Å². The highest BCUT2D eigenvalue weighted by Crippen LogP contribution is 2.31. The van der Waals surface area contributed by atoms with Crippen molar-refractivity contribution in [2.45, 2.75) is 38.4 Å². The van der Waals surface area contributed by atoms with Gasteiger partial charge in [0, 0.05) is 43.0 Å². The van der Waals surface area contributed by atoms with Crippen molar-refractivity contribution in [2.24, 2.45) is 0 Å². The predicted octanol–water partition coefficient (Wildman–Crippen LogP) is 3.62. The van der Waals surface area contributed by atoms with E-state index in [1.807, 2.05) is 31.2 Å². The minimum absolute atomic E-state index is 0.0649. The van der Waals surface area contributed by atoms with Gasteiger partial charge >= 0.3 is 0 Å². The molecule has 0 spiro atoms. The van der Waals surface area contributed by atoms with Crippen LogP contribution in [0.25, 0.3) is 11.3 Å². The number of pyridine rings is 1. The topological polar surface area (TPSA) is 119 Å². The summed E-state index contributed by atoms with van der Waals surface area (Å²) in [6, 6.07) is 10.8. The Labute approximate surface area is 225 Å². The Morgan fingerprint density at radius 3 is 2.84 bits per heavy atom.